The van der Waals surface area contributed by atoms with Gasteiger partial charge < -0.3 is 4.90 Å². The number of benzene rings is 1. The molecule has 19 heavy (non-hydrogen) atoms. The van der Waals surface area contributed by atoms with Crippen molar-refractivity contribution in [3.8, 4) is 11.3 Å². The van der Waals surface area contributed by atoms with Crippen LogP contribution in [-0.2, 0) is 0 Å². The average Bonchev–Trinajstić information content (AvgIpc) is 2.86. The second-order valence-electron chi connectivity index (χ2n) is 4.70. The van der Waals surface area contributed by atoms with E-state index in [0.29, 0.717) is 5.96 Å². The maximum absolute atomic E-state index is 8.17. The molecule has 0 spiro atoms. The maximum atomic E-state index is 8.17. The van der Waals surface area contributed by atoms with Crippen molar-refractivity contribution in [2.75, 3.05) is 13.6 Å². The zero-order chi connectivity index (χ0) is 13.2. The SMILES string of the molecule is CN(C(=N)n1ccc(-c2ccccc2)n1)C1CCN1. The molecule has 2 heterocycles. The first-order valence-electron chi connectivity index (χ1n) is 6.42. The van der Waals surface area contributed by atoms with Gasteiger partial charge in [0.1, 0.15) is 0 Å². The van der Waals surface area contributed by atoms with Crippen LogP contribution >= 0.6 is 0 Å². The van der Waals surface area contributed by atoms with E-state index in [1.165, 1.54) is 0 Å². The Bertz CT molecular complexity index is 571. The van der Waals surface area contributed by atoms with Crippen molar-refractivity contribution in [2.45, 2.75) is 12.6 Å². The molecule has 3 rings (SSSR count). The molecule has 0 aliphatic carbocycles. The van der Waals surface area contributed by atoms with Crippen molar-refractivity contribution < 1.29 is 0 Å². The van der Waals surface area contributed by atoms with Gasteiger partial charge in [-0.2, -0.15) is 5.10 Å². The van der Waals surface area contributed by atoms with Crippen LogP contribution in [0.2, 0.25) is 0 Å². The molecule has 0 amide bonds. The molecule has 1 aliphatic heterocycles. The minimum absolute atomic E-state index is 0.261. The molecule has 1 aromatic heterocycles. The van der Waals surface area contributed by atoms with E-state index >= 15 is 0 Å². The van der Waals surface area contributed by atoms with Crippen LogP contribution in [0.5, 0.6) is 0 Å². The molecule has 1 unspecified atom stereocenters. The van der Waals surface area contributed by atoms with Gasteiger partial charge in [-0.15, -0.1) is 0 Å². The van der Waals surface area contributed by atoms with Crippen LogP contribution in [0.15, 0.2) is 42.6 Å². The quantitative estimate of drug-likeness (QED) is 0.633. The molecule has 5 heteroatoms. The standard InChI is InChI=1S/C14H17N5/c1-18(13-7-9-16-13)14(15)19-10-8-12(17-19)11-5-3-2-4-6-11/h2-6,8,10,13,15-16H,7,9H2,1H3. The highest BCUT2D eigenvalue weighted by atomic mass is 15.4. The van der Waals surface area contributed by atoms with Crippen LogP contribution in [0.1, 0.15) is 6.42 Å². The zero-order valence-corrected chi connectivity index (χ0v) is 10.9. The van der Waals surface area contributed by atoms with Crippen molar-refractivity contribution >= 4 is 5.96 Å². The lowest BCUT2D eigenvalue weighted by atomic mass is 10.2. The molecule has 0 bridgehead atoms. The first-order chi connectivity index (χ1) is 9.25. The molecule has 98 valence electrons. The molecule has 0 radical (unpaired) electrons. The first kappa shape index (κ1) is 11.9. The van der Waals surface area contributed by atoms with Gasteiger partial charge in [-0.1, -0.05) is 30.3 Å². The van der Waals surface area contributed by atoms with Crippen LogP contribution in [0.3, 0.4) is 0 Å². The van der Waals surface area contributed by atoms with E-state index in [9.17, 15) is 0 Å². The van der Waals surface area contributed by atoms with Gasteiger partial charge in [0.25, 0.3) is 0 Å². The van der Waals surface area contributed by atoms with Gasteiger partial charge in [0.2, 0.25) is 5.96 Å². The van der Waals surface area contributed by atoms with Gasteiger partial charge in [-0.05, 0) is 12.5 Å². The lowest BCUT2D eigenvalue weighted by Crippen LogP contribution is -2.56. The van der Waals surface area contributed by atoms with Crippen molar-refractivity contribution in [1.82, 2.24) is 20.0 Å². The van der Waals surface area contributed by atoms with E-state index in [2.05, 4.69) is 10.4 Å². The van der Waals surface area contributed by atoms with Gasteiger partial charge in [0.15, 0.2) is 0 Å². The molecule has 1 fully saturated rings. The highest BCUT2D eigenvalue weighted by Gasteiger charge is 2.24. The van der Waals surface area contributed by atoms with E-state index < -0.39 is 0 Å². The van der Waals surface area contributed by atoms with Crippen molar-refractivity contribution in [3.63, 3.8) is 0 Å². The Balaban J connectivity index is 1.79. The normalized spacial score (nSPS) is 17.8. The van der Waals surface area contributed by atoms with Crippen molar-refractivity contribution in [3.05, 3.63) is 42.6 Å². The topological polar surface area (TPSA) is 56.9 Å². The van der Waals surface area contributed by atoms with Crippen LogP contribution in [0.25, 0.3) is 11.3 Å². The third-order valence-corrected chi connectivity index (χ3v) is 3.47. The van der Waals surface area contributed by atoms with E-state index in [-0.39, 0.29) is 6.17 Å². The van der Waals surface area contributed by atoms with Crippen LogP contribution in [0, 0.1) is 5.41 Å². The summed E-state index contributed by atoms with van der Waals surface area (Å²) in [5, 5.41) is 15.9. The summed E-state index contributed by atoms with van der Waals surface area (Å²) in [6, 6.07) is 11.9. The number of nitrogens with one attached hydrogen (secondary N) is 2. The Morgan fingerprint density at radius 1 is 1.37 bits per heavy atom. The molecule has 1 aliphatic rings. The highest BCUT2D eigenvalue weighted by Crippen LogP contribution is 2.16. The maximum Gasteiger partial charge on any atom is 0.219 e. The monoisotopic (exact) mass is 255 g/mol. The summed E-state index contributed by atoms with van der Waals surface area (Å²) in [7, 11) is 1.92. The zero-order valence-electron chi connectivity index (χ0n) is 10.9. The molecule has 2 aromatic rings. The molecule has 1 saturated heterocycles. The van der Waals surface area contributed by atoms with Crippen LogP contribution in [-0.4, -0.2) is 40.4 Å². The summed E-state index contributed by atoms with van der Waals surface area (Å²) in [6.45, 7) is 1.02. The Kier molecular flexibility index (Phi) is 3.05. The molecular formula is C14H17N5. The smallest absolute Gasteiger partial charge is 0.219 e. The highest BCUT2D eigenvalue weighted by molar-refractivity contribution is 5.79. The third-order valence-electron chi connectivity index (χ3n) is 3.47. The molecule has 1 aromatic carbocycles. The predicted molar refractivity (Wildman–Crippen MR) is 75.0 cm³/mol. The lowest BCUT2D eigenvalue weighted by molar-refractivity contribution is 0.207. The first-order valence-corrected chi connectivity index (χ1v) is 6.42. The Hall–Kier alpha value is -2.14. The largest absolute Gasteiger partial charge is 0.329 e. The summed E-state index contributed by atoms with van der Waals surface area (Å²) in [5.41, 5.74) is 1.96. The Morgan fingerprint density at radius 2 is 2.11 bits per heavy atom. The summed E-state index contributed by atoms with van der Waals surface area (Å²) < 4.78 is 1.61. The van der Waals surface area contributed by atoms with Crippen LogP contribution < -0.4 is 5.32 Å². The van der Waals surface area contributed by atoms with Crippen molar-refractivity contribution in [2.24, 2.45) is 0 Å². The second kappa shape index (κ2) is 4.85. The number of rotatable bonds is 2. The predicted octanol–water partition coefficient (Wildman–Crippen LogP) is 1.58. The summed E-state index contributed by atoms with van der Waals surface area (Å²) in [4.78, 5) is 1.91. The third kappa shape index (κ3) is 2.24. The van der Waals surface area contributed by atoms with E-state index in [4.69, 9.17) is 5.41 Å². The molecule has 2 N–H and O–H groups in total. The number of hydrogen-bond donors (Lipinski definition) is 2. The average molecular weight is 255 g/mol. The van der Waals surface area contributed by atoms with Gasteiger partial charge in [0, 0.05) is 25.4 Å². The fraction of sp³-hybridized carbons (Fsp3) is 0.286. The number of nitrogens with zero attached hydrogens (tertiary/aromatic N) is 3. The minimum Gasteiger partial charge on any atom is -0.329 e. The summed E-state index contributed by atoms with van der Waals surface area (Å²) in [5.74, 6) is 0.388. The summed E-state index contributed by atoms with van der Waals surface area (Å²) >= 11 is 0. The van der Waals surface area contributed by atoms with E-state index in [0.717, 1.165) is 24.2 Å². The fourth-order valence-electron chi connectivity index (χ4n) is 2.12. The van der Waals surface area contributed by atoms with Gasteiger partial charge >= 0.3 is 0 Å². The minimum atomic E-state index is 0.261. The number of aromatic nitrogens is 2. The molecule has 5 nitrogen and oxygen atoms in total. The van der Waals surface area contributed by atoms with E-state index in [1.54, 1.807) is 4.68 Å². The Labute approximate surface area is 112 Å². The van der Waals surface area contributed by atoms with Gasteiger partial charge in [0.05, 0.1) is 11.9 Å². The van der Waals surface area contributed by atoms with Crippen molar-refractivity contribution in [1.29, 1.82) is 5.41 Å². The van der Waals surface area contributed by atoms with Gasteiger partial charge in [-0.3, -0.25) is 10.7 Å². The summed E-state index contributed by atoms with van der Waals surface area (Å²) in [6.07, 6.45) is 3.17. The van der Waals surface area contributed by atoms with Gasteiger partial charge in [-0.25, -0.2) is 4.68 Å². The number of hydrogen-bond acceptors (Lipinski definition) is 3. The Morgan fingerprint density at radius 3 is 2.74 bits per heavy atom. The van der Waals surface area contributed by atoms with E-state index in [1.807, 2.05) is 54.5 Å². The molecule has 1 atom stereocenters. The second-order valence-corrected chi connectivity index (χ2v) is 4.70. The molecular weight excluding hydrogens is 238 g/mol. The fourth-order valence-corrected chi connectivity index (χ4v) is 2.12. The molecule has 0 saturated carbocycles. The van der Waals surface area contributed by atoms with Crippen LogP contribution in [0.4, 0.5) is 0 Å². The lowest BCUT2D eigenvalue weighted by Gasteiger charge is -2.36.